The summed E-state index contributed by atoms with van der Waals surface area (Å²) in [4.78, 5) is 26.6. The highest BCUT2D eigenvalue weighted by Gasteiger charge is 2.23. The van der Waals surface area contributed by atoms with E-state index in [1.54, 1.807) is 18.2 Å². The molecule has 0 bridgehead atoms. The van der Waals surface area contributed by atoms with Crippen LogP contribution in [0, 0.1) is 0 Å². The molecule has 28 heavy (non-hydrogen) atoms. The molecule has 0 aliphatic carbocycles. The number of methoxy groups -OCH3 is 1. The van der Waals surface area contributed by atoms with Gasteiger partial charge in [0, 0.05) is 44.7 Å². The number of piperazine rings is 1. The predicted octanol–water partition coefficient (Wildman–Crippen LogP) is 0.109. The van der Waals surface area contributed by atoms with Crippen LogP contribution >= 0.6 is 0 Å². The number of sulfonamides is 1. The van der Waals surface area contributed by atoms with Crippen molar-refractivity contribution in [1.29, 1.82) is 0 Å². The Morgan fingerprint density at radius 1 is 1.25 bits per heavy atom. The number of amides is 1. The molecule has 3 rings (SSSR count). The van der Waals surface area contributed by atoms with Gasteiger partial charge in [0.25, 0.3) is 5.91 Å². The van der Waals surface area contributed by atoms with Gasteiger partial charge < -0.3 is 14.5 Å². The molecule has 2 aromatic rings. The highest BCUT2D eigenvalue weighted by atomic mass is 32.2. The van der Waals surface area contributed by atoms with Gasteiger partial charge in [-0.3, -0.25) is 9.69 Å². The van der Waals surface area contributed by atoms with Crippen LogP contribution in [0.4, 0.5) is 0 Å². The van der Waals surface area contributed by atoms with Crippen LogP contribution in [0.3, 0.4) is 0 Å². The molecule has 0 radical (unpaired) electrons. The quantitative estimate of drug-likeness (QED) is 0.675. The molecule has 1 amide bonds. The molecule has 2 heterocycles. The Hall–Kier alpha value is -2.43. The number of rotatable bonds is 6. The van der Waals surface area contributed by atoms with Crippen molar-refractivity contribution in [1.82, 2.24) is 14.5 Å². The lowest BCUT2D eigenvalue weighted by Gasteiger charge is -2.33. The summed E-state index contributed by atoms with van der Waals surface area (Å²) in [7, 11) is -1.69. The van der Waals surface area contributed by atoms with Crippen LogP contribution in [0.1, 0.15) is 10.4 Å². The zero-order chi connectivity index (χ0) is 20.3. The van der Waals surface area contributed by atoms with E-state index in [0.29, 0.717) is 56.0 Å². The van der Waals surface area contributed by atoms with Gasteiger partial charge in [0.2, 0.25) is 10.0 Å². The number of carbonyl (C=O) groups excluding carboxylic acids is 1. The van der Waals surface area contributed by atoms with E-state index in [4.69, 9.17) is 9.15 Å². The molecular formula is C18H23N3O6S. The second-order valence-electron chi connectivity index (χ2n) is 6.59. The van der Waals surface area contributed by atoms with Crippen molar-refractivity contribution in [3.05, 3.63) is 40.2 Å². The SMILES string of the molecule is COc1cccc2cc(C(=O)NCCN3CCN(S(C)(=O)=O)CC3)c(=O)oc12. The molecule has 0 atom stereocenters. The molecule has 1 saturated heterocycles. The van der Waals surface area contributed by atoms with Crippen molar-refractivity contribution in [2.45, 2.75) is 0 Å². The van der Waals surface area contributed by atoms with E-state index in [1.165, 1.54) is 23.7 Å². The summed E-state index contributed by atoms with van der Waals surface area (Å²) >= 11 is 0. The van der Waals surface area contributed by atoms with Crippen LogP contribution < -0.4 is 15.7 Å². The van der Waals surface area contributed by atoms with Gasteiger partial charge in [0.1, 0.15) is 5.56 Å². The number of hydrogen-bond acceptors (Lipinski definition) is 7. The number of ether oxygens (including phenoxy) is 1. The minimum atomic E-state index is -3.16. The third-order valence-electron chi connectivity index (χ3n) is 4.70. The molecule has 0 unspecified atom stereocenters. The summed E-state index contributed by atoms with van der Waals surface area (Å²) in [5.41, 5.74) is -0.491. The number of hydrogen-bond donors (Lipinski definition) is 1. The molecule has 1 aliphatic heterocycles. The lowest BCUT2D eigenvalue weighted by Crippen LogP contribution is -2.50. The topological polar surface area (TPSA) is 109 Å². The van der Waals surface area contributed by atoms with E-state index in [1.807, 2.05) is 0 Å². The minimum Gasteiger partial charge on any atom is -0.493 e. The largest absolute Gasteiger partial charge is 0.493 e. The van der Waals surface area contributed by atoms with E-state index in [9.17, 15) is 18.0 Å². The Balaban J connectivity index is 1.59. The smallest absolute Gasteiger partial charge is 0.349 e. The molecule has 152 valence electrons. The van der Waals surface area contributed by atoms with E-state index in [2.05, 4.69) is 10.2 Å². The van der Waals surface area contributed by atoms with Gasteiger partial charge in [-0.15, -0.1) is 0 Å². The summed E-state index contributed by atoms with van der Waals surface area (Å²) in [6.07, 6.45) is 1.20. The highest BCUT2D eigenvalue weighted by molar-refractivity contribution is 7.88. The predicted molar refractivity (Wildman–Crippen MR) is 104 cm³/mol. The minimum absolute atomic E-state index is 0.0670. The molecule has 0 saturated carbocycles. The van der Waals surface area contributed by atoms with Gasteiger partial charge in [-0.25, -0.2) is 13.2 Å². The maximum atomic E-state index is 12.4. The first-order chi connectivity index (χ1) is 13.3. The molecule has 10 heteroatoms. The Bertz CT molecular complexity index is 1030. The maximum Gasteiger partial charge on any atom is 0.349 e. The van der Waals surface area contributed by atoms with Crippen LogP contribution in [-0.2, 0) is 10.0 Å². The third kappa shape index (κ3) is 4.51. The second-order valence-corrected chi connectivity index (χ2v) is 8.57. The first kappa shape index (κ1) is 20.3. The number of para-hydroxylation sites is 1. The van der Waals surface area contributed by atoms with Crippen LogP contribution in [-0.4, -0.2) is 76.2 Å². The zero-order valence-electron chi connectivity index (χ0n) is 15.8. The number of nitrogens with one attached hydrogen (secondary N) is 1. The number of nitrogens with zero attached hydrogens (tertiary/aromatic N) is 2. The average Bonchev–Trinajstić information content (AvgIpc) is 2.66. The van der Waals surface area contributed by atoms with Crippen molar-refractivity contribution in [2.24, 2.45) is 0 Å². The Labute approximate surface area is 162 Å². The van der Waals surface area contributed by atoms with Crippen LogP contribution in [0.15, 0.2) is 33.5 Å². The molecule has 1 aliphatic rings. The lowest BCUT2D eigenvalue weighted by atomic mass is 10.1. The fourth-order valence-corrected chi connectivity index (χ4v) is 3.97. The summed E-state index contributed by atoms with van der Waals surface area (Å²) in [5.74, 6) is -0.0805. The summed E-state index contributed by atoms with van der Waals surface area (Å²) in [6, 6.07) is 6.65. The van der Waals surface area contributed by atoms with Gasteiger partial charge in [0.05, 0.1) is 13.4 Å². The molecule has 1 aromatic carbocycles. The average molecular weight is 409 g/mol. The van der Waals surface area contributed by atoms with Crippen molar-refractivity contribution in [2.75, 3.05) is 52.6 Å². The van der Waals surface area contributed by atoms with Gasteiger partial charge >= 0.3 is 5.63 Å². The van der Waals surface area contributed by atoms with Crippen LogP contribution in [0.2, 0.25) is 0 Å². The fourth-order valence-electron chi connectivity index (χ4n) is 3.14. The maximum absolute atomic E-state index is 12.4. The molecule has 1 N–H and O–H groups in total. The first-order valence-corrected chi connectivity index (χ1v) is 10.7. The highest BCUT2D eigenvalue weighted by Crippen LogP contribution is 2.24. The second kappa shape index (κ2) is 8.29. The van der Waals surface area contributed by atoms with E-state index >= 15 is 0 Å². The monoisotopic (exact) mass is 409 g/mol. The molecule has 1 aromatic heterocycles. The fraction of sp³-hybridized carbons (Fsp3) is 0.444. The molecule has 1 fully saturated rings. The van der Waals surface area contributed by atoms with Crippen molar-refractivity contribution < 1.29 is 22.4 Å². The number of carbonyl (C=O) groups is 1. The van der Waals surface area contributed by atoms with Crippen LogP contribution in [0.5, 0.6) is 5.75 Å². The van der Waals surface area contributed by atoms with E-state index < -0.39 is 21.6 Å². The Morgan fingerprint density at radius 3 is 2.61 bits per heavy atom. The number of benzene rings is 1. The van der Waals surface area contributed by atoms with Crippen molar-refractivity contribution in [3.63, 3.8) is 0 Å². The summed E-state index contributed by atoms with van der Waals surface area (Å²) in [6.45, 7) is 2.97. The van der Waals surface area contributed by atoms with Gasteiger partial charge in [-0.2, -0.15) is 4.31 Å². The third-order valence-corrected chi connectivity index (χ3v) is 6.01. The lowest BCUT2D eigenvalue weighted by molar-refractivity contribution is 0.0941. The summed E-state index contributed by atoms with van der Waals surface area (Å²) in [5, 5.41) is 3.32. The molecule has 9 nitrogen and oxygen atoms in total. The summed E-state index contributed by atoms with van der Waals surface area (Å²) < 4.78 is 34.9. The van der Waals surface area contributed by atoms with Gasteiger partial charge in [-0.05, 0) is 12.1 Å². The van der Waals surface area contributed by atoms with Gasteiger partial charge in [-0.1, -0.05) is 12.1 Å². The first-order valence-electron chi connectivity index (χ1n) is 8.86. The van der Waals surface area contributed by atoms with E-state index in [-0.39, 0.29) is 5.56 Å². The normalized spacial score (nSPS) is 16.2. The van der Waals surface area contributed by atoms with Crippen molar-refractivity contribution in [3.8, 4) is 5.75 Å². The van der Waals surface area contributed by atoms with E-state index in [0.717, 1.165) is 0 Å². The number of fused-ring (bicyclic) bond motifs is 1. The zero-order valence-corrected chi connectivity index (χ0v) is 16.6. The van der Waals surface area contributed by atoms with Crippen molar-refractivity contribution >= 4 is 26.9 Å². The Morgan fingerprint density at radius 2 is 1.96 bits per heavy atom. The molecule has 0 spiro atoms. The molecular weight excluding hydrogens is 386 g/mol. The van der Waals surface area contributed by atoms with Gasteiger partial charge in [0.15, 0.2) is 11.3 Å². The van der Waals surface area contributed by atoms with Crippen LogP contribution in [0.25, 0.3) is 11.0 Å². The standard InChI is InChI=1S/C18H23N3O6S/c1-26-15-5-3-4-13-12-14(18(23)27-16(13)15)17(22)19-6-7-20-8-10-21(11-9-20)28(2,24)25/h3-5,12H,6-11H2,1-2H3,(H,19,22). The Kier molecular flexibility index (Phi) is 6.01.